The number of hydrogen-bond acceptors (Lipinski definition) is 3. The molecule has 1 unspecified atom stereocenters. The van der Waals surface area contributed by atoms with Gasteiger partial charge in [-0.3, -0.25) is 4.79 Å². The van der Waals surface area contributed by atoms with Crippen LogP contribution < -0.4 is 4.74 Å². The Kier molecular flexibility index (Phi) is 5.28. The van der Waals surface area contributed by atoms with Gasteiger partial charge in [-0.1, -0.05) is 0 Å². The Bertz CT molecular complexity index is 749. The van der Waals surface area contributed by atoms with E-state index in [1.165, 1.54) is 6.07 Å². The summed E-state index contributed by atoms with van der Waals surface area (Å²) < 4.78 is 31.6. The van der Waals surface area contributed by atoms with E-state index in [0.717, 1.165) is 25.0 Å². The largest absolute Gasteiger partial charge is 0.457 e. The van der Waals surface area contributed by atoms with Crippen molar-refractivity contribution in [2.24, 2.45) is 5.92 Å². The zero-order valence-electron chi connectivity index (χ0n) is 13.6. The summed E-state index contributed by atoms with van der Waals surface area (Å²) in [6.07, 6.45) is 1.82. The molecule has 132 valence electrons. The van der Waals surface area contributed by atoms with Gasteiger partial charge in [0, 0.05) is 31.3 Å². The van der Waals surface area contributed by atoms with Gasteiger partial charge in [-0.15, -0.1) is 0 Å². The Morgan fingerprint density at radius 3 is 2.52 bits per heavy atom. The number of halogens is 2. The average Bonchev–Trinajstić information content (AvgIpc) is 2.65. The van der Waals surface area contributed by atoms with E-state index in [1.54, 1.807) is 29.2 Å². The van der Waals surface area contributed by atoms with E-state index in [-0.39, 0.29) is 24.2 Å². The van der Waals surface area contributed by atoms with Gasteiger partial charge in [-0.05, 0) is 55.2 Å². The van der Waals surface area contributed by atoms with Gasteiger partial charge < -0.3 is 14.7 Å². The average molecular weight is 347 g/mol. The molecule has 3 rings (SSSR count). The summed E-state index contributed by atoms with van der Waals surface area (Å²) >= 11 is 0. The summed E-state index contributed by atoms with van der Waals surface area (Å²) in [6.45, 7) is 1.33. The molecular weight excluding hydrogens is 328 g/mol. The Hall–Kier alpha value is -2.47. The molecule has 2 aromatic carbocycles. The van der Waals surface area contributed by atoms with Crippen molar-refractivity contribution in [1.82, 2.24) is 4.90 Å². The van der Waals surface area contributed by atoms with Crippen molar-refractivity contribution >= 4 is 5.91 Å². The topological polar surface area (TPSA) is 49.8 Å². The fourth-order valence-electron chi connectivity index (χ4n) is 2.92. The highest BCUT2D eigenvalue weighted by Gasteiger charge is 2.23. The molecule has 1 aliphatic rings. The smallest absolute Gasteiger partial charge is 0.253 e. The zero-order chi connectivity index (χ0) is 17.8. The van der Waals surface area contributed by atoms with Crippen molar-refractivity contribution in [1.29, 1.82) is 0 Å². The number of aliphatic hydroxyl groups excluding tert-OH is 1. The Balaban J connectivity index is 1.67. The molecule has 4 nitrogen and oxygen atoms in total. The number of benzene rings is 2. The summed E-state index contributed by atoms with van der Waals surface area (Å²) in [5, 5.41) is 9.27. The van der Waals surface area contributed by atoms with Crippen LogP contribution in [0.2, 0.25) is 0 Å². The van der Waals surface area contributed by atoms with Crippen molar-refractivity contribution in [3.63, 3.8) is 0 Å². The molecule has 0 aliphatic carbocycles. The fourth-order valence-corrected chi connectivity index (χ4v) is 2.92. The predicted octanol–water partition coefficient (Wildman–Crippen LogP) is 3.60. The van der Waals surface area contributed by atoms with E-state index in [0.29, 0.717) is 24.4 Å². The molecule has 0 aromatic heterocycles. The number of ether oxygens (including phenoxy) is 1. The number of carbonyl (C=O) groups is 1. The second-order valence-electron chi connectivity index (χ2n) is 6.14. The summed E-state index contributed by atoms with van der Waals surface area (Å²) in [4.78, 5) is 14.3. The van der Waals surface area contributed by atoms with Gasteiger partial charge in [0.2, 0.25) is 0 Å². The molecule has 1 saturated heterocycles. The number of nitrogens with zero attached hydrogens (tertiary/aromatic N) is 1. The number of piperidine rings is 1. The molecule has 1 N–H and O–H groups in total. The maximum absolute atomic E-state index is 13.2. The maximum atomic E-state index is 13.2. The standard InChI is InChI=1S/C19H19F2NO3/c20-17-8-7-16(10-18(17)21)25-15-5-3-14(4-6-15)19(24)22-9-1-2-13(11-22)12-23/h3-8,10,13,23H,1-2,9,11-12H2. The van der Waals surface area contributed by atoms with Crippen LogP contribution in [0.25, 0.3) is 0 Å². The van der Waals surface area contributed by atoms with E-state index < -0.39 is 11.6 Å². The SMILES string of the molecule is O=C(c1ccc(Oc2ccc(F)c(F)c2)cc1)N1CCCC(CO)C1. The number of aliphatic hydroxyl groups is 1. The third-order valence-corrected chi connectivity index (χ3v) is 4.29. The second-order valence-corrected chi connectivity index (χ2v) is 6.14. The van der Waals surface area contributed by atoms with Crippen LogP contribution in [0.1, 0.15) is 23.2 Å². The molecule has 25 heavy (non-hydrogen) atoms. The molecule has 0 bridgehead atoms. The van der Waals surface area contributed by atoms with Crippen LogP contribution >= 0.6 is 0 Å². The summed E-state index contributed by atoms with van der Waals surface area (Å²) in [5.74, 6) is -1.26. The second kappa shape index (κ2) is 7.61. The third kappa shape index (κ3) is 4.14. The molecule has 1 amide bonds. The first kappa shape index (κ1) is 17.4. The third-order valence-electron chi connectivity index (χ3n) is 4.29. The van der Waals surface area contributed by atoms with Gasteiger partial charge in [0.05, 0.1) is 0 Å². The van der Waals surface area contributed by atoms with Gasteiger partial charge in [0.25, 0.3) is 5.91 Å². The molecule has 1 atom stereocenters. The quantitative estimate of drug-likeness (QED) is 0.919. The number of rotatable bonds is 4. The molecule has 2 aromatic rings. The zero-order valence-corrected chi connectivity index (χ0v) is 13.6. The van der Waals surface area contributed by atoms with Crippen LogP contribution in [-0.2, 0) is 0 Å². The Morgan fingerprint density at radius 1 is 1.12 bits per heavy atom. The monoisotopic (exact) mass is 347 g/mol. The van der Waals surface area contributed by atoms with E-state index in [2.05, 4.69) is 0 Å². The molecule has 1 heterocycles. The van der Waals surface area contributed by atoms with Gasteiger partial charge in [0.1, 0.15) is 11.5 Å². The summed E-state index contributed by atoms with van der Waals surface area (Å²) in [5.41, 5.74) is 0.524. The highest BCUT2D eigenvalue weighted by Crippen LogP contribution is 2.24. The number of hydrogen-bond donors (Lipinski definition) is 1. The van der Waals surface area contributed by atoms with Crippen LogP contribution in [0.15, 0.2) is 42.5 Å². The van der Waals surface area contributed by atoms with Crippen molar-refractivity contribution in [3.05, 3.63) is 59.7 Å². The van der Waals surface area contributed by atoms with Gasteiger partial charge in [-0.25, -0.2) is 8.78 Å². The van der Waals surface area contributed by atoms with Crippen LogP contribution in [-0.4, -0.2) is 35.6 Å². The van der Waals surface area contributed by atoms with Gasteiger partial charge in [0.15, 0.2) is 11.6 Å². The minimum atomic E-state index is -0.979. The van der Waals surface area contributed by atoms with E-state index >= 15 is 0 Å². The first-order valence-corrected chi connectivity index (χ1v) is 8.20. The molecular formula is C19H19F2NO3. The lowest BCUT2D eigenvalue weighted by Crippen LogP contribution is -2.40. The minimum Gasteiger partial charge on any atom is -0.457 e. The predicted molar refractivity (Wildman–Crippen MR) is 88.6 cm³/mol. The molecule has 0 spiro atoms. The highest BCUT2D eigenvalue weighted by molar-refractivity contribution is 5.94. The molecule has 1 fully saturated rings. The van der Waals surface area contributed by atoms with Crippen molar-refractivity contribution < 1.29 is 23.4 Å². The van der Waals surface area contributed by atoms with Crippen LogP contribution in [0.3, 0.4) is 0 Å². The van der Waals surface area contributed by atoms with Crippen LogP contribution in [0.4, 0.5) is 8.78 Å². The normalized spacial score (nSPS) is 17.4. The lowest BCUT2D eigenvalue weighted by atomic mass is 9.98. The molecule has 1 aliphatic heterocycles. The number of amides is 1. The Morgan fingerprint density at radius 2 is 1.84 bits per heavy atom. The first-order valence-electron chi connectivity index (χ1n) is 8.20. The number of likely N-dealkylation sites (tertiary alicyclic amines) is 1. The molecule has 6 heteroatoms. The maximum Gasteiger partial charge on any atom is 0.253 e. The van der Waals surface area contributed by atoms with Gasteiger partial charge in [-0.2, -0.15) is 0 Å². The van der Waals surface area contributed by atoms with Crippen LogP contribution in [0, 0.1) is 17.6 Å². The van der Waals surface area contributed by atoms with Crippen molar-refractivity contribution in [2.45, 2.75) is 12.8 Å². The molecule has 0 radical (unpaired) electrons. The number of carbonyl (C=O) groups excluding carboxylic acids is 1. The van der Waals surface area contributed by atoms with E-state index in [1.807, 2.05) is 0 Å². The summed E-state index contributed by atoms with van der Waals surface area (Å²) in [7, 11) is 0. The van der Waals surface area contributed by atoms with Crippen molar-refractivity contribution in [3.8, 4) is 11.5 Å². The van der Waals surface area contributed by atoms with Crippen molar-refractivity contribution in [2.75, 3.05) is 19.7 Å². The molecule has 0 saturated carbocycles. The Labute approximate surface area is 144 Å². The van der Waals surface area contributed by atoms with E-state index in [4.69, 9.17) is 4.74 Å². The lowest BCUT2D eigenvalue weighted by Gasteiger charge is -2.31. The van der Waals surface area contributed by atoms with Gasteiger partial charge >= 0.3 is 0 Å². The highest BCUT2D eigenvalue weighted by atomic mass is 19.2. The lowest BCUT2D eigenvalue weighted by molar-refractivity contribution is 0.0620. The minimum absolute atomic E-state index is 0.0856. The van der Waals surface area contributed by atoms with E-state index in [9.17, 15) is 18.7 Å². The first-order chi connectivity index (χ1) is 12.1. The fraction of sp³-hybridized carbons (Fsp3) is 0.316. The summed E-state index contributed by atoms with van der Waals surface area (Å²) in [6, 6.07) is 9.80. The van der Waals surface area contributed by atoms with Crippen LogP contribution in [0.5, 0.6) is 11.5 Å².